The summed E-state index contributed by atoms with van der Waals surface area (Å²) in [4.78, 5) is 97.1. The molecule has 65 heavy (non-hydrogen) atoms. The molecule has 9 rings (SSSR count). The number of carbonyl (C=O) groups excluding carboxylic acids is 6. The van der Waals surface area contributed by atoms with Crippen LogP contribution in [0.3, 0.4) is 0 Å². The van der Waals surface area contributed by atoms with Gasteiger partial charge in [-0.3, -0.25) is 39.0 Å². The fraction of sp³-hybridized carbons (Fsp3) is 0.532. The molecule has 18 nitrogen and oxygen atoms in total. The Bertz CT molecular complexity index is 2400. The first kappa shape index (κ1) is 44.1. The Morgan fingerprint density at radius 2 is 1.74 bits per heavy atom. The Morgan fingerprint density at radius 3 is 2.46 bits per heavy atom. The highest BCUT2D eigenvalue weighted by atomic mass is 16.5. The zero-order valence-corrected chi connectivity index (χ0v) is 37.3. The number of benzene rings is 2. The summed E-state index contributed by atoms with van der Waals surface area (Å²) < 4.78 is 5.76. The van der Waals surface area contributed by atoms with Gasteiger partial charge in [0.05, 0.1) is 30.1 Å². The average molecular weight is 891 g/mol. The molecule has 3 aromatic rings. The zero-order chi connectivity index (χ0) is 45.6. The van der Waals surface area contributed by atoms with Crippen molar-refractivity contribution >= 4 is 64.3 Å². The number of rotatable bonds is 13. The van der Waals surface area contributed by atoms with Crippen molar-refractivity contribution < 1.29 is 38.6 Å². The molecule has 1 aliphatic carbocycles. The zero-order valence-electron chi connectivity index (χ0n) is 37.3. The fourth-order valence-electron chi connectivity index (χ4n) is 10.9. The molecule has 4 N–H and O–H groups in total. The highest BCUT2D eigenvalue weighted by molar-refractivity contribution is 6.23. The Morgan fingerprint density at radius 1 is 0.969 bits per heavy atom. The fourth-order valence-corrected chi connectivity index (χ4v) is 10.9. The molecule has 0 spiro atoms. The molecule has 5 aliphatic heterocycles. The number of likely N-dealkylation sites (N-methyl/N-ethyl adjacent to an activating group) is 1. The monoisotopic (exact) mass is 890 g/mol. The number of nitrogens with one attached hydrogen (secondary N) is 3. The molecule has 0 bridgehead atoms. The van der Waals surface area contributed by atoms with E-state index in [1.54, 1.807) is 55.6 Å². The highest BCUT2D eigenvalue weighted by Gasteiger charge is 2.46. The first-order valence-electron chi connectivity index (χ1n) is 23.0. The second kappa shape index (κ2) is 18.0. The lowest BCUT2D eigenvalue weighted by atomic mass is 9.84. The van der Waals surface area contributed by atoms with Crippen LogP contribution in [0.25, 0.3) is 0 Å². The number of fused-ring (bicyclic) bond motifs is 2. The van der Waals surface area contributed by atoms with Crippen LogP contribution in [0.5, 0.6) is 5.75 Å². The minimum atomic E-state index is -1.00. The van der Waals surface area contributed by atoms with E-state index in [0.29, 0.717) is 60.2 Å². The van der Waals surface area contributed by atoms with E-state index in [1.807, 2.05) is 13.0 Å². The molecular formula is C47H58N10O8. The topological polar surface area (TPSA) is 210 Å². The minimum Gasteiger partial charge on any atom is -0.495 e. The molecule has 18 heteroatoms. The molecule has 2 aromatic carbocycles. The summed E-state index contributed by atoms with van der Waals surface area (Å²) in [7, 11) is 3.32. The maximum Gasteiger partial charge on any atom is 0.262 e. The third kappa shape index (κ3) is 8.37. The number of aromatic nitrogens is 2. The third-order valence-corrected chi connectivity index (χ3v) is 14.5. The highest BCUT2D eigenvalue weighted by Crippen LogP contribution is 2.41. The molecule has 1 saturated carbocycles. The van der Waals surface area contributed by atoms with Crippen molar-refractivity contribution in [1.82, 2.24) is 30.4 Å². The predicted octanol–water partition coefficient (Wildman–Crippen LogP) is 3.61. The van der Waals surface area contributed by atoms with Crippen LogP contribution in [-0.2, 0) is 14.4 Å². The number of imide groups is 2. The smallest absolute Gasteiger partial charge is 0.262 e. The van der Waals surface area contributed by atoms with E-state index in [1.165, 1.54) is 0 Å². The number of methoxy groups -OCH3 is 1. The van der Waals surface area contributed by atoms with Gasteiger partial charge in [-0.2, -0.15) is 4.98 Å². The normalized spacial score (nSPS) is 23.5. The van der Waals surface area contributed by atoms with Crippen LogP contribution in [0.15, 0.2) is 42.6 Å². The second-order valence-corrected chi connectivity index (χ2v) is 18.4. The van der Waals surface area contributed by atoms with Crippen LogP contribution in [0.4, 0.5) is 28.8 Å². The molecule has 4 fully saturated rings. The predicted molar refractivity (Wildman–Crippen MR) is 242 cm³/mol. The lowest BCUT2D eigenvalue weighted by Gasteiger charge is -2.43. The molecule has 6 aliphatic rings. The largest absolute Gasteiger partial charge is 0.495 e. The number of aliphatic hydroxyl groups excluding tert-OH is 1. The van der Waals surface area contributed by atoms with Gasteiger partial charge in [-0.25, -0.2) is 4.98 Å². The van der Waals surface area contributed by atoms with Crippen molar-refractivity contribution in [3.63, 3.8) is 0 Å². The maximum atomic E-state index is 13.9. The second-order valence-electron chi connectivity index (χ2n) is 18.4. The van der Waals surface area contributed by atoms with Gasteiger partial charge in [0.15, 0.2) is 5.82 Å². The quantitative estimate of drug-likeness (QED) is 0.181. The van der Waals surface area contributed by atoms with Crippen molar-refractivity contribution in [1.29, 1.82) is 0 Å². The summed E-state index contributed by atoms with van der Waals surface area (Å²) in [5.74, 6) is -0.384. The van der Waals surface area contributed by atoms with E-state index in [-0.39, 0.29) is 54.5 Å². The van der Waals surface area contributed by atoms with Crippen LogP contribution in [0.2, 0.25) is 0 Å². The van der Waals surface area contributed by atoms with E-state index in [9.17, 15) is 33.9 Å². The van der Waals surface area contributed by atoms with Crippen molar-refractivity contribution in [3.8, 4) is 5.75 Å². The van der Waals surface area contributed by atoms with Gasteiger partial charge in [-0.05, 0) is 93.7 Å². The summed E-state index contributed by atoms with van der Waals surface area (Å²) >= 11 is 0. The molecular weight excluding hydrogens is 833 g/mol. The molecule has 344 valence electrons. The summed E-state index contributed by atoms with van der Waals surface area (Å²) in [6, 6.07) is 9.41. The first-order valence-corrected chi connectivity index (χ1v) is 23.0. The van der Waals surface area contributed by atoms with Gasteiger partial charge in [0.2, 0.25) is 23.7 Å². The van der Waals surface area contributed by atoms with Crippen LogP contribution in [0, 0.1) is 5.92 Å². The van der Waals surface area contributed by atoms with Gasteiger partial charge in [-0.1, -0.05) is 19.8 Å². The standard InChI is InChI=1S/C47H58N10O8/c1-4-35-45(64)53(2)37-25-48-46(51-40(37)56(35)30-7-5-6-8-30)49-34-12-9-29(23-38(34)65-3)41(60)52-47(18-22-58)16-20-54(21-17-47)26-28-15-19-55(27-28)31-10-11-32-33(24-31)44(63)57(43(32)62)36-13-14-39(59)50-42(36)61/h9-12,23-25,28,30,35-36,58H,4-8,13-22,26-27H2,1-3H3,(H,52,60)(H,48,49,51)(H,50,59,61)/t28-,35-,36?/m1/s1. The lowest BCUT2D eigenvalue weighted by molar-refractivity contribution is -0.136. The number of nitrogens with zero attached hydrogens (tertiary/aromatic N) is 7. The van der Waals surface area contributed by atoms with Gasteiger partial charge >= 0.3 is 0 Å². The number of amides is 6. The van der Waals surface area contributed by atoms with Gasteiger partial charge < -0.3 is 40.1 Å². The van der Waals surface area contributed by atoms with Crippen LogP contribution in [0.1, 0.15) is 109 Å². The van der Waals surface area contributed by atoms with E-state index in [4.69, 9.17) is 9.72 Å². The molecule has 6 heterocycles. The molecule has 0 radical (unpaired) electrons. The van der Waals surface area contributed by atoms with Crippen molar-refractivity contribution in [2.24, 2.45) is 5.92 Å². The molecule has 1 unspecified atom stereocenters. The Hall–Kier alpha value is -6.14. The number of carbonyl (C=O) groups is 6. The number of ether oxygens (including phenoxy) is 1. The third-order valence-electron chi connectivity index (χ3n) is 14.5. The van der Waals surface area contributed by atoms with Gasteiger partial charge in [0.1, 0.15) is 23.5 Å². The average Bonchev–Trinajstić information content (AvgIpc) is 4.07. The van der Waals surface area contributed by atoms with Crippen molar-refractivity contribution in [2.45, 2.75) is 101 Å². The number of hydrogen-bond acceptors (Lipinski definition) is 14. The van der Waals surface area contributed by atoms with E-state index in [0.717, 1.165) is 81.2 Å². The SMILES string of the molecule is CC[C@@H]1C(=O)N(C)c2cnc(Nc3ccc(C(=O)NC4(CCO)CCN(C[C@H]5CCN(c6ccc7c(c6)C(=O)N(C6CCC(=O)NC6=O)C7=O)C5)CC4)cc3OC)nc2N1C1CCCC1. The number of piperidine rings is 2. The number of aliphatic hydroxyl groups is 1. The van der Waals surface area contributed by atoms with Gasteiger partial charge in [0, 0.05) is 75.6 Å². The summed E-state index contributed by atoms with van der Waals surface area (Å²) in [5.41, 5.74) is 2.48. The summed E-state index contributed by atoms with van der Waals surface area (Å²) in [6.45, 7) is 5.88. The first-order chi connectivity index (χ1) is 31.4. The van der Waals surface area contributed by atoms with Crippen LogP contribution in [-0.4, -0.2) is 137 Å². The number of likely N-dealkylation sites (tertiary alicyclic amines) is 1. The number of hydrogen-bond donors (Lipinski definition) is 4. The maximum absolute atomic E-state index is 13.9. The van der Waals surface area contributed by atoms with Gasteiger partial charge in [-0.15, -0.1) is 0 Å². The van der Waals surface area contributed by atoms with E-state index in [2.05, 4.69) is 35.6 Å². The summed E-state index contributed by atoms with van der Waals surface area (Å²) in [5, 5.41) is 19.0. The van der Waals surface area contributed by atoms with Crippen LogP contribution >= 0.6 is 0 Å². The van der Waals surface area contributed by atoms with Gasteiger partial charge in [0.25, 0.3) is 17.7 Å². The Kier molecular flexibility index (Phi) is 12.2. The summed E-state index contributed by atoms with van der Waals surface area (Å²) in [6.07, 6.45) is 9.53. The number of anilines is 5. The molecule has 1 aromatic heterocycles. The molecule has 3 atom stereocenters. The van der Waals surface area contributed by atoms with E-state index < -0.39 is 35.2 Å². The Balaban J connectivity index is 0.809. The minimum absolute atomic E-state index is 0.0500. The van der Waals surface area contributed by atoms with Crippen LogP contribution < -0.4 is 35.4 Å². The van der Waals surface area contributed by atoms with Crippen molar-refractivity contribution in [2.75, 3.05) is 73.5 Å². The van der Waals surface area contributed by atoms with E-state index >= 15 is 0 Å². The molecule has 6 amide bonds. The Labute approximate surface area is 378 Å². The van der Waals surface area contributed by atoms with Crippen molar-refractivity contribution in [3.05, 3.63) is 59.3 Å². The lowest BCUT2D eigenvalue weighted by Crippen LogP contribution is -2.56. The molecule has 3 saturated heterocycles.